The zero-order chi connectivity index (χ0) is 12.8. The van der Waals surface area contributed by atoms with Crippen molar-refractivity contribution < 1.29 is 0 Å². The van der Waals surface area contributed by atoms with Crippen molar-refractivity contribution in [3.8, 4) is 9.88 Å². The SMILES string of the molecule is CCCNCCCc1nnc(-c2scnc2C)s1. The Labute approximate surface area is 116 Å². The highest BCUT2D eigenvalue weighted by Gasteiger charge is 2.10. The smallest absolute Gasteiger partial charge is 0.159 e. The fraction of sp³-hybridized carbons (Fsp3) is 0.583. The third-order valence-corrected chi connectivity index (χ3v) is 4.64. The van der Waals surface area contributed by atoms with Gasteiger partial charge in [-0.1, -0.05) is 18.3 Å². The van der Waals surface area contributed by atoms with Crippen LogP contribution >= 0.6 is 22.7 Å². The van der Waals surface area contributed by atoms with Crippen LogP contribution in [0.3, 0.4) is 0 Å². The van der Waals surface area contributed by atoms with Gasteiger partial charge in [0, 0.05) is 6.42 Å². The van der Waals surface area contributed by atoms with Crippen LogP contribution < -0.4 is 5.32 Å². The second-order valence-corrected chi connectivity index (χ2v) is 6.04. The fourth-order valence-electron chi connectivity index (χ4n) is 1.62. The van der Waals surface area contributed by atoms with Crippen LogP contribution in [0.4, 0.5) is 0 Å². The minimum Gasteiger partial charge on any atom is -0.317 e. The second kappa shape index (κ2) is 6.92. The van der Waals surface area contributed by atoms with E-state index in [2.05, 4.69) is 27.4 Å². The van der Waals surface area contributed by atoms with Gasteiger partial charge in [-0.3, -0.25) is 0 Å². The molecular formula is C12H18N4S2. The number of nitrogens with one attached hydrogen (secondary N) is 1. The van der Waals surface area contributed by atoms with Crippen LogP contribution in [-0.4, -0.2) is 28.3 Å². The van der Waals surface area contributed by atoms with E-state index >= 15 is 0 Å². The molecular weight excluding hydrogens is 264 g/mol. The van der Waals surface area contributed by atoms with E-state index in [1.807, 2.05) is 12.4 Å². The Morgan fingerprint density at radius 1 is 1.28 bits per heavy atom. The standard InChI is InChI=1S/C12H18N4S2/c1-3-6-13-7-4-5-10-15-16-12(18-10)11-9(2)14-8-17-11/h8,13H,3-7H2,1-2H3. The quantitative estimate of drug-likeness (QED) is 0.793. The first-order chi connectivity index (χ1) is 8.81. The topological polar surface area (TPSA) is 50.7 Å². The molecule has 0 saturated heterocycles. The molecule has 2 aromatic heterocycles. The van der Waals surface area contributed by atoms with Crippen molar-refractivity contribution in [2.24, 2.45) is 0 Å². The van der Waals surface area contributed by atoms with Crippen molar-refractivity contribution in [1.82, 2.24) is 20.5 Å². The third kappa shape index (κ3) is 3.57. The Kier molecular flexibility index (Phi) is 5.22. The molecule has 0 aliphatic heterocycles. The normalized spacial score (nSPS) is 11.0. The van der Waals surface area contributed by atoms with E-state index in [-0.39, 0.29) is 0 Å². The van der Waals surface area contributed by atoms with Crippen molar-refractivity contribution in [1.29, 1.82) is 0 Å². The molecule has 98 valence electrons. The van der Waals surface area contributed by atoms with E-state index in [0.29, 0.717) is 0 Å². The molecule has 0 amide bonds. The Hall–Kier alpha value is -0.850. The van der Waals surface area contributed by atoms with E-state index in [0.717, 1.165) is 46.5 Å². The van der Waals surface area contributed by atoms with Crippen LogP contribution in [-0.2, 0) is 6.42 Å². The highest BCUT2D eigenvalue weighted by atomic mass is 32.1. The molecule has 2 aromatic rings. The molecule has 0 saturated carbocycles. The number of aromatic nitrogens is 3. The van der Waals surface area contributed by atoms with Gasteiger partial charge >= 0.3 is 0 Å². The molecule has 2 rings (SSSR count). The van der Waals surface area contributed by atoms with Crippen LogP contribution in [0.15, 0.2) is 5.51 Å². The van der Waals surface area contributed by atoms with Gasteiger partial charge in [0.15, 0.2) is 5.01 Å². The lowest BCUT2D eigenvalue weighted by atomic mass is 10.3. The number of nitrogens with zero attached hydrogens (tertiary/aromatic N) is 3. The van der Waals surface area contributed by atoms with Gasteiger partial charge in [-0.15, -0.1) is 21.5 Å². The molecule has 0 unspecified atom stereocenters. The fourth-order valence-corrected chi connectivity index (χ4v) is 3.44. The van der Waals surface area contributed by atoms with Crippen LogP contribution in [0.1, 0.15) is 30.5 Å². The maximum Gasteiger partial charge on any atom is 0.159 e. The van der Waals surface area contributed by atoms with Gasteiger partial charge in [-0.2, -0.15) is 0 Å². The minimum absolute atomic E-state index is 1.01. The third-order valence-electron chi connectivity index (χ3n) is 2.58. The van der Waals surface area contributed by atoms with E-state index in [1.165, 1.54) is 6.42 Å². The van der Waals surface area contributed by atoms with Gasteiger partial charge in [-0.25, -0.2) is 4.98 Å². The summed E-state index contributed by atoms with van der Waals surface area (Å²) in [5.41, 5.74) is 2.91. The van der Waals surface area contributed by atoms with Gasteiger partial charge in [0.25, 0.3) is 0 Å². The zero-order valence-electron chi connectivity index (χ0n) is 10.8. The summed E-state index contributed by atoms with van der Waals surface area (Å²) in [5.74, 6) is 0. The van der Waals surface area contributed by atoms with Crippen molar-refractivity contribution in [2.45, 2.75) is 33.1 Å². The summed E-state index contributed by atoms with van der Waals surface area (Å²) in [4.78, 5) is 5.40. The molecule has 0 spiro atoms. The average molecular weight is 282 g/mol. The number of hydrogen-bond donors (Lipinski definition) is 1. The maximum atomic E-state index is 4.25. The molecule has 2 heterocycles. The highest BCUT2D eigenvalue weighted by Crippen LogP contribution is 2.29. The summed E-state index contributed by atoms with van der Waals surface area (Å²) < 4.78 is 0. The molecule has 4 nitrogen and oxygen atoms in total. The first-order valence-corrected chi connectivity index (χ1v) is 7.94. The van der Waals surface area contributed by atoms with Gasteiger partial charge in [0.1, 0.15) is 5.01 Å². The Morgan fingerprint density at radius 2 is 2.17 bits per heavy atom. The first kappa shape index (κ1) is 13.6. The molecule has 0 fully saturated rings. The van der Waals surface area contributed by atoms with Crippen molar-refractivity contribution in [3.63, 3.8) is 0 Å². The van der Waals surface area contributed by atoms with Gasteiger partial charge in [0.05, 0.1) is 16.1 Å². The second-order valence-electron chi connectivity index (χ2n) is 4.12. The lowest BCUT2D eigenvalue weighted by Crippen LogP contribution is -2.16. The summed E-state index contributed by atoms with van der Waals surface area (Å²) in [6, 6.07) is 0. The molecule has 0 aromatic carbocycles. The largest absolute Gasteiger partial charge is 0.317 e. The van der Waals surface area contributed by atoms with Crippen LogP contribution in [0.5, 0.6) is 0 Å². The predicted molar refractivity (Wildman–Crippen MR) is 77.2 cm³/mol. The van der Waals surface area contributed by atoms with Crippen LogP contribution in [0.25, 0.3) is 9.88 Å². The van der Waals surface area contributed by atoms with E-state index < -0.39 is 0 Å². The summed E-state index contributed by atoms with van der Waals surface area (Å²) in [7, 11) is 0. The molecule has 0 radical (unpaired) electrons. The number of thiazole rings is 1. The minimum atomic E-state index is 1.01. The Morgan fingerprint density at radius 3 is 2.89 bits per heavy atom. The molecule has 0 atom stereocenters. The molecule has 6 heteroatoms. The summed E-state index contributed by atoms with van der Waals surface area (Å²) in [6.45, 7) is 6.35. The number of hydrogen-bond acceptors (Lipinski definition) is 6. The zero-order valence-corrected chi connectivity index (χ0v) is 12.4. The lowest BCUT2D eigenvalue weighted by molar-refractivity contribution is 0.637. The van der Waals surface area contributed by atoms with Gasteiger partial charge in [-0.05, 0) is 32.9 Å². The average Bonchev–Trinajstić information content (AvgIpc) is 2.97. The monoisotopic (exact) mass is 282 g/mol. The summed E-state index contributed by atoms with van der Waals surface area (Å²) in [5, 5.41) is 14.0. The van der Waals surface area contributed by atoms with Crippen LogP contribution in [0.2, 0.25) is 0 Å². The molecule has 0 aliphatic rings. The number of rotatable bonds is 7. The van der Waals surface area contributed by atoms with E-state index in [4.69, 9.17) is 0 Å². The molecule has 18 heavy (non-hydrogen) atoms. The maximum absolute atomic E-state index is 4.25. The van der Waals surface area contributed by atoms with E-state index in [9.17, 15) is 0 Å². The van der Waals surface area contributed by atoms with Crippen molar-refractivity contribution >= 4 is 22.7 Å². The van der Waals surface area contributed by atoms with Gasteiger partial charge < -0.3 is 5.32 Å². The number of aryl methyl sites for hydroxylation is 2. The van der Waals surface area contributed by atoms with Crippen LogP contribution in [0, 0.1) is 6.92 Å². The predicted octanol–water partition coefficient (Wildman–Crippen LogP) is 2.90. The summed E-state index contributed by atoms with van der Waals surface area (Å²) in [6.07, 6.45) is 3.32. The molecule has 0 bridgehead atoms. The molecule has 1 N–H and O–H groups in total. The van der Waals surface area contributed by atoms with E-state index in [1.54, 1.807) is 22.7 Å². The highest BCUT2D eigenvalue weighted by molar-refractivity contribution is 7.20. The molecule has 0 aliphatic carbocycles. The van der Waals surface area contributed by atoms with Crippen molar-refractivity contribution in [2.75, 3.05) is 13.1 Å². The lowest BCUT2D eigenvalue weighted by Gasteiger charge is -1.99. The Bertz CT molecular complexity index is 478. The summed E-state index contributed by atoms with van der Waals surface area (Å²) >= 11 is 3.32. The Balaban J connectivity index is 1.85. The van der Waals surface area contributed by atoms with Gasteiger partial charge in [0.2, 0.25) is 0 Å². The van der Waals surface area contributed by atoms with Crippen molar-refractivity contribution in [3.05, 3.63) is 16.2 Å². The first-order valence-electron chi connectivity index (χ1n) is 6.24.